The minimum atomic E-state index is -3.83. The van der Waals surface area contributed by atoms with Crippen molar-refractivity contribution in [2.75, 3.05) is 20.6 Å². The van der Waals surface area contributed by atoms with Crippen LogP contribution in [-0.2, 0) is 34.7 Å². The standard InChI is InChI=1S/C42H62N8O8S2/c1-25(2)50-32-20-16-18-28(31-24-59-38(44-31)41(3,4)5)34(32)46-39(50)57-27-22-33(35(43)51)49(23-27)37(53)30(45-40(54)58-42(6,7)8)19-15-13-11-12-14-17-26-21-29(26)36(52)47-60(55,56)48(9)10/h14,16-18,20,24-27,29-30,33H,11-13,15,19,21-23H2,1-10H3,(H2,43,51)(H,45,54)(H,47,52)/b17-14-/t26-,27-,29+,30+,33+/m1/s1. The van der Waals surface area contributed by atoms with Crippen molar-refractivity contribution in [3.63, 3.8) is 0 Å². The Kier molecular flexibility index (Phi) is 14.4. The molecule has 18 heteroatoms. The average molecular weight is 871 g/mol. The quantitative estimate of drug-likeness (QED) is 0.109. The Morgan fingerprint density at radius 1 is 1.05 bits per heavy atom. The first-order valence-corrected chi connectivity index (χ1v) is 22.9. The van der Waals surface area contributed by atoms with Crippen LogP contribution in [0.4, 0.5) is 4.79 Å². The Morgan fingerprint density at radius 3 is 2.38 bits per heavy atom. The number of ether oxygens (including phenoxy) is 2. The normalized spacial score (nSPS) is 20.2. The van der Waals surface area contributed by atoms with Crippen LogP contribution in [0.5, 0.6) is 6.01 Å². The molecule has 0 radical (unpaired) electrons. The van der Waals surface area contributed by atoms with Crippen molar-refractivity contribution >= 4 is 56.4 Å². The van der Waals surface area contributed by atoms with Crippen molar-refractivity contribution in [2.24, 2.45) is 17.6 Å². The van der Waals surface area contributed by atoms with Gasteiger partial charge in [0, 0.05) is 48.8 Å². The first-order chi connectivity index (χ1) is 28.0. The van der Waals surface area contributed by atoms with E-state index in [0.717, 1.165) is 50.9 Å². The highest BCUT2D eigenvalue weighted by atomic mass is 32.2. The maximum absolute atomic E-state index is 14.3. The van der Waals surface area contributed by atoms with Gasteiger partial charge >= 0.3 is 16.3 Å². The molecular weight excluding hydrogens is 809 g/mol. The van der Waals surface area contributed by atoms with Crippen LogP contribution < -0.4 is 20.5 Å². The molecule has 60 heavy (non-hydrogen) atoms. The molecule has 1 aromatic carbocycles. The summed E-state index contributed by atoms with van der Waals surface area (Å²) in [5.41, 5.74) is 8.31. The Balaban J connectivity index is 1.25. The molecule has 1 saturated carbocycles. The van der Waals surface area contributed by atoms with E-state index >= 15 is 0 Å². The molecule has 3 aromatic rings. The zero-order valence-electron chi connectivity index (χ0n) is 36.5. The Morgan fingerprint density at radius 2 is 1.77 bits per heavy atom. The first kappa shape index (κ1) is 46.5. The number of alkyl carbamates (subject to hydrolysis) is 1. The first-order valence-electron chi connectivity index (χ1n) is 20.6. The summed E-state index contributed by atoms with van der Waals surface area (Å²) in [6, 6.07) is 4.33. The van der Waals surface area contributed by atoms with Crippen molar-refractivity contribution in [2.45, 2.75) is 136 Å². The van der Waals surface area contributed by atoms with Gasteiger partial charge in [-0.1, -0.05) is 57.9 Å². The number of allylic oxidation sites excluding steroid dienone is 2. The number of rotatable bonds is 17. The lowest BCUT2D eigenvalue weighted by Gasteiger charge is -2.28. The number of carbonyl (C=O) groups is 4. The summed E-state index contributed by atoms with van der Waals surface area (Å²) in [7, 11) is -1.11. The number of thiazole rings is 1. The predicted molar refractivity (Wildman–Crippen MR) is 231 cm³/mol. The SMILES string of the molecule is CC(C)n1c(O[C@@H]2C[C@@H](C(N)=O)N(C(=O)[C@H](CCCCC/C=C\[C@@H]3C[C@@H]3C(=O)NS(=O)(=O)N(C)C)NC(=O)OC(C)(C)C)C2)nc2c(-c3csc(C(C)(C)C)n3)cccc21. The Hall–Kier alpha value is -4.55. The van der Waals surface area contributed by atoms with E-state index < -0.39 is 57.8 Å². The van der Waals surface area contributed by atoms with Gasteiger partial charge in [-0.3, -0.25) is 19.0 Å². The third kappa shape index (κ3) is 11.6. The third-order valence-electron chi connectivity index (χ3n) is 10.4. The highest BCUT2D eigenvalue weighted by Gasteiger charge is 2.44. The molecule has 3 heterocycles. The topological polar surface area (TPSA) is 208 Å². The summed E-state index contributed by atoms with van der Waals surface area (Å²) in [5.74, 6) is -2.02. The van der Waals surface area contributed by atoms with Crippen molar-refractivity contribution in [1.82, 2.24) is 33.8 Å². The molecule has 2 fully saturated rings. The van der Waals surface area contributed by atoms with Crippen molar-refractivity contribution in [3.05, 3.63) is 40.7 Å². The van der Waals surface area contributed by atoms with Crippen LogP contribution in [0.15, 0.2) is 35.7 Å². The van der Waals surface area contributed by atoms with Crippen LogP contribution in [0.3, 0.4) is 0 Å². The summed E-state index contributed by atoms with van der Waals surface area (Å²) in [6.45, 7) is 15.7. The van der Waals surface area contributed by atoms with Crippen LogP contribution in [0.1, 0.15) is 111 Å². The van der Waals surface area contributed by atoms with Gasteiger partial charge in [0.1, 0.15) is 29.3 Å². The zero-order chi connectivity index (χ0) is 44.3. The van der Waals surface area contributed by atoms with Gasteiger partial charge in [-0.15, -0.1) is 11.3 Å². The summed E-state index contributed by atoms with van der Waals surface area (Å²) >= 11 is 1.61. The minimum Gasteiger partial charge on any atom is -0.459 e. The second kappa shape index (κ2) is 18.6. The van der Waals surface area contributed by atoms with Crippen LogP contribution in [0, 0.1) is 11.8 Å². The van der Waals surface area contributed by atoms with Crippen LogP contribution in [0.25, 0.3) is 22.3 Å². The fraction of sp³-hybridized carbons (Fsp3) is 0.619. The zero-order valence-corrected chi connectivity index (χ0v) is 38.1. The summed E-state index contributed by atoms with van der Waals surface area (Å²) < 4.78 is 41.1. The fourth-order valence-electron chi connectivity index (χ4n) is 7.16. The molecule has 0 spiro atoms. The largest absolute Gasteiger partial charge is 0.459 e. The number of likely N-dealkylation sites (tertiary alicyclic amines) is 1. The number of unbranched alkanes of at least 4 members (excludes halogenated alkanes) is 3. The molecule has 1 aliphatic carbocycles. The maximum Gasteiger partial charge on any atom is 0.408 e. The number of hydrogen-bond donors (Lipinski definition) is 3. The highest BCUT2D eigenvalue weighted by molar-refractivity contribution is 7.87. The van der Waals surface area contributed by atoms with E-state index in [-0.39, 0.29) is 36.3 Å². The summed E-state index contributed by atoms with van der Waals surface area (Å²) in [4.78, 5) is 63.8. The summed E-state index contributed by atoms with van der Waals surface area (Å²) in [5, 5.41) is 5.81. The molecule has 0 bridgehead atoms. The molecule has 5 atom stereocenters. The molecule has 2 aromatic heterocycles. The second-order valence-corrected chi connectivity index (χ2v) is 21.0. The number of fused-ring (bicyclic) bond motifs is 1. The van der Waals surface area contributed by atoms with E-state index in [1.807, 2.05) is 54.1 Å². The Labute approximate surface area is 357 Å². The second-order valence-electron chi connectivity index (χ2n) is 18.2. The lowest BCUT2D eigenvalue weighted by atomic mass is 9.98. The van der Waals surface area contributed by atoms with Gasteiger partial charge < -0.3 is 25.4 Å². The molecule has 1 saturated heterocycles. The lowest BCUT2D eigenvalue weighted by molar-refractivity contribution is -0.139. The van der Waals surface area contributed by atoms with Gasteiger partial charge in [-0.2, -0.15) is 17.7 Å². The van der Waals surface area contributed by atoms with E-state index in [1.165, 1.54) is 19.0 Å². The third-order valence-corrected chi connectivity index (χ3v) is 13.1. The Bertz CT molecular complexity index is 2180. The number of hydrogen-bond acceptors (Lipinski definition) is 11. The van der Waals surface area contributed by atoms with Gasteiger partial charge in [-0.25, -0.2) is 14.5 Å². The highest BCUT2D eigenvalue weighted by Crippen LogP contribution is 2.40. The molecule has 5 rings (SSSR count). The number of nitrogens with zero attached hydrogens (tertiary/aromatic N) is 5. The summed E-state index contributed by atoms with van der Waals surface area (Å²) in [6.07, 6.45) is 6.42. The van der Waals surface area contributed by atoms with Crippen molar-refractivity contribution < 1.29 is 37.1 Å². The van der Waals surface area contributed by atoms with Gasteiger partial charge in [-0.05, 0) is 72.3 Å². The maximum atomic E-state index is 14.3. The predicted octanol–water partition coefficient (Wildman–Crippen LogP) is 5.83. The molecule has 1 aliphatic heterocycles. The minimum absolute atomic E-state index is 0.0127. The number of para-hydroxylation sites is 1. The average Bonchev–Trinajstić information content (AvgIpc) is 3.42. The van der Waals surface area contributed by atoms with Gasteiger partial charge in [0.05, 0.1) is 22.8 Å². The van der Waals surface area contributed by atoms with Crippen molar-refractivity contribution in [3.8, 4) is 17.3 Å². The van der Waals surface area contributed by atoms with Gasteiger partial charge in [0.2, 0.25) is 17.7 Å². The number of nitrogens with two attached hydrogens (primary N) is 1. The molecule has 0 unspecified atom stereocenters. The smallest absolute Gasteiger partial charge is 0.408 e. The fourth-order valence-corrected chi connectivity index (χ4v) is 8.66. The van der Waals surface area contributed by atoms with Gasteiger partial charge in [0.25, 0.3) is 6.01 Å². The number of imidazole rings is 1. The molecular formula is C42H62N8O8S2. The number of aromatic nitrogens is 3. The molecule has 4 amide bonds. The van der Waals surface area contributed by atoms with E-state index in [2.05, 4.69) is 30.8 Å². The van der Waals surface area contributed by atoms with Crippen LogP contribution >= 0.6 is 11.3 Å². The molecule has 16 nitrogen and oxygen atoms in total. The monoisotopic (exact) mass is 870 g/mol. The molecule has 2 aliphatic rings. The lowest BCUT2D eigenvalue weighted by Crippen LogP contribution is -2.53. The number of carbonyl (C=O) groups excluding carboxylic acids is 4. The van der Waals surface area contributed by atoms with Crippen LogP contribution in [-0.4, -0.2) is 100 Å². The number of primary amides is 1. The number of benzene rings is 1. The van der Waals surface area contributed by atoms with E-state index in [1.54, 1.807) is 32.1 Å². The molecule has 4 N–H and O–H groups in total. The van der Waals surface area contributed by atoms with Crippen molar-refractivity contribution in [1.29, 1.82) is 0 Å². The van der Waals surface area contributed by atoms with E-state index in [4.69, 9.17) is 25.2 Å². The number of amides is 4. The number of nitrogens with one attached hydrogen (secondary N) is 2. The van der Waals surface area contributed by atoms with Crippen LogP contribution in [0.2, 0.25) is 0 Å². The van der Waals surface area contributed by atoms with Gasteiger partial charge in [0.15, 0.2) is 0 Å². The van der Waals surface area contributed by atoms with E-state index in [9.17, 15) is 27.6 Å². The molecule has 330 valence electrons. The van der Waals surface area contributed by atoms with E-state index in [0.29, 0.717) is 25.3 Å².